The van der Waals surface area contributed by atoms with Crippen LogP contribution in [0.15, 0.2) is 29.1 Å². The lowest BCUT2D eigenvalue weighted by Gasteiger charge is -2.06. The van der Waals surface area contributed by atoms with E-state index in [0.717, 1.165) is 16.2 Å². The minimum Gasteiger partial charge on any atom is -0.371 e. The molecule has 0 amide bonds. The Morgan fingerprint density at radius 1 is 1.47 bits per heavy atom. The zero-order valence-electron chi connectivity index (χ0n) is 7.68. The molecule has 0 aliphatic heterocycles. The van der Waals surface area contributed by atoms with Gasteiger partial charge in [-0.2, -0.15) is 4.37 Å². The van der Waals surface area contributed by atoms with E-state index in [1.165, 1.54) is 0 Å². The van der Waals surface area contributed by atoms with Gasteiger partial charge >= 0.3 is 0 Å². The fourth-order valence-corrected chi connectivity index (χ4v) is 2.04. The second kappa shape index (κ2) is 4.03. The quantitative estimate of drug-likeness (QED) is 0.382. The number of nitrogens with two attached hydrogens (primary N) is 1. The molecule has 1 heterocycles. The topological polar surface area (TPSA) is 88.2 Å². The van der Waals surface area contributed by atoms with Gasteiger partial charge in [0.15, 0.2) is 6.23 Å². The van der Waals surface area contributed by atoms with Gasteiger partial charge in [-0.3, -0.25) is 10.6 Å². The molecule has 1 aromatic heterocycles. The van der Waals surface area contributed by atoms with Gasteiger partial charge in [-0.1, -0.05) is 12.1 Å². The van der Waals surface area contributed by atoms with E-state index in [4.69, 9.17) is 5.84 Å². The molecule has 1 atom stereocenters. The van der Waals surface area contributed by atoms with Crippen molar-refractivity contribution < 1.29 is 5.11 Å². The van der Waals surface area contributed by atoms with Gasteiger partial charge in [0.1, 0.15) is 5.69 Å². The summed E-state index contributed by atoms with van der Waals surface area (Å²) in [7, 11) is 0. The van der Waals surface area contributed by atoms with Crippen LogP contribution >= 0.6 is 11.5 Å². The third-order valence-corrected chi connectivity index (χ3v) is 2.86. The lowest BCUT2D eigenvalue weighted by Crippen LogP contribution is -2.32. The molecule has 0 radical (unpaired) electrons. The smallest absolute Gasteiger partial charge is 0.213 e. The Morgan fingerprint density at radius 3 is 2.93 bits per heavy atom. The minimum atomic E-state index is -1.22. The summed E-state index contributed by atoms with van der Waals surface area (Å²) >= 11 is 1.16. The number of nitrogens with one attached hydrogen (secondary N) is 1. The Kier molecular flexibility index (Phi) is 2.74. The standard InChI is InChI=1S/C9H9N3O2S/c10-11-9(14)7-8(13)5-3-1-2-4-6(5)15-12-7/h1-4,9,11,14H,10H2. The van der Waals surface area contributed by atoms with Crippen LogP contribution in [-0.4, -0.2) is 9.48 Å². The van der Waals surface area contributed by atoms with Crippen molar-refractivity contribution in [3.8, 4) is 0 Å². The maximum Gasteiger partial charge on any atom is 0.213 e. The summed E-state index contributed by atoms with van der Waals surface area (Å²) in [6, 6.07) is 7.10. The van der Waals surface area contributed by atoms with Crippen molar-refractivity contribution in [2.45, 2.75) is 6.23 Å². The van der Waals surface area contributed by atoms with Crippen molar-refractivity contribution >= 4 is 21.6 Å². The first kappa shape index (κ1) is 10.2. The highest BCUT2D eigenvalue weighted by molar-refractivity contribution is 7.12. The number of nitrogens with zero attached hydrogens (tertiary/aromatic N) is 1. The lowest BCUT2D eigenvalue weighted by atomic mass is 10.2. The Balaban J connectivity index is 2.71. The van der Waals surface area contributed by atoms with Crippen molar-refractivity contribution in [3.05, 3.63) is 40.2 Å². The Hall–Kier alpha value is -1.34. The van der Waals surface area contributed by atoms with Crippen LogP contribution in [0.1, 0.15) is 11.9 Å². The maximum absolute atomic E-state index is 11.8. The van der Waals surface area contributed by atoms with Crippen LogP contribution in [0.5, 0.6) is 0 Å². The molecule has 6 heteroatoms. The van der Waals surface area contributed by atoms with E-state index < -0.39 is 6.23 Å². The third-order valence-electron chi connectivity index (χ3n) is 2.02. The number of rotatable bonds is 2. The molecule has 78 valence electrons. The zero-order chi connectivity index (χ0) is 10.8. The Bertz CT molecular complexity index is 540. The molecular formula is C9H9N3O2S. The molecule has 0 saturated heterocycles. The van der Waals surface area contributed by atoms with Gasteiger partial charge in [0.05, 0.1) is 4.70 Å². The van der Waals surface area contributed by atoms with Crippen LogP contribution in [0.4, 0.5) is 0 Å². The van der Waals surface area contributed by atoms with Crippen molar-refractivity contribution in [2.75, 3.05) is 0 Å². The van der Waals surface area contributed by atoms with Gasteiger partial charge < -0.3 is 5.11 Å². The summed E-state index contributed by atoms with van der Waals surface area (Å²) < 4.78 is 4.70. The predicted molar refractivity (Wildman–Crippen MR) is 58.2 cm³/mol. The summed E-state index contributed by atoms with van der Waals surface area (Å²) in [5.41, 5.74) is 1.82. The summed E-state index contributed by atoms with van der Waals surface area (Å²) in [6.07, 6.45) is -1.22. The van der Waals surface area contributed by atoms with Crippen LogP contribution in [0.2, 0.25) is 0 Å². The second-order valence-electron chi connectivity index (χ2n) is 2.96. The molecule has 0 bridgehead atoms. The van der Waals surface area contributed by atoms with E-state index in [2.05, 4.69) is 9.80 Å². The molecule has 0 aliphatic carbocycles. The predicted octanol–water partition coefficient (Wildman–Crippen LogP) is 0.111. The molecule has 1 aromatic carbocycles. The van der Waals surface area contributed by atoms with Gasteiger partial charge in [-0.05, 0) is 23.7 Å². The van der Waals surface area contributed by atoms with E-state index in [0.29, 0.717) is 5.39 Å². The molecule has 0 spiro atoms. The lowest BCUT2D eigenvalue weighted by molar-refractivity contribution is 0.135. The highest BCUT2D eigenvalue weighted by Gasteiger charge is 2.13. The van der Waals surface area contributed by atoms with Crippen LogP contribution in [0.25, 0.3) is 10.1 Å². The Morgan fingerprint density at radius 2 is 2.20 bits per heavy atom. The van der Waals surface area contributed by atoms with Crippen LogP contribution in [0.3, 0.4) is 0 Å². The monoisotopic (exact) mass is 223 g/mol. The van der Waals surface area contributed by atoms with Crippen molar-refractivity contribution in [1.29, 1.82) is 0 Å². The highest BCUT2D eigenvalue weighted by Crippen LogP contribution is 2.15. The van der Waals surface area contributed by atoms with Crippen LogP contribution < -0.4 is 16.7 Å². The molecule has 0 aliphatic rings. The molecule has 1 unspecified atom stereocenters. The summed E-state index contributed by atoms with van der Waals surface area (Å²) in [5.74, 6) is 5.04. The van der Waals surface area contributed by atoms with Gasteiger partial charge in [-0.25, -0.2) is 5.43 Å². The molecule has 15 heavy (non-hydrogen) atoms. The number of hydrogen-bond donors (Lipinski definition) is 3. The van der Waals surface area contributed by atoms with E-state index in [9.17, 15) is 9.90 Å². The largest absolute Gasteiger partial charge is 0.371 e. The normalized spacial score (nSPS) is 12.9. The number of benzene rings is 1. The van der Waals surface area contributed by atoms with E-state index in [1.807, 2.05) is 6.07 Å². The Labute approximate surface area is 89.3 Å². The number of hydrogen-bond acceptors (Lipinski definition) is 6. The van der Waals surface area contributed by atoms with E-state index in [-0.39, 0.29) is 11.1 Å². The molecule has 2 rings (SSSR count). The molecule has 4 N–H and O–H groups in total. The minimum absolute atomic E-state index is 0.0289. The van der Waals surface area contributed by atoms with E-state index in [1.54, 1.807) is 18.2 Å². The number of fused-ring (bicyclic) bond motifs is 1. The van der Waals surface area contributed by atoms with Crippen LogP contribution in [0, 0.1) is 0 Å². The molecule has 5 nitrogen and oxygen atoms in total. The summed E-state index contributed by atoms with van der Waals surface area (Å²) in [5, 5.41) is 9.92. The first-order valence-corrected chi connectivity index (χ1v) is 5.04. The van der Waals surface area contributed by atoms with Crippen molar-refractivity contribution in [3.63, 3.8) is 0 Å². The van der Waals surface area contributed by atoms with Gasteiger partial charge in [0.2, 0.25) is 5.43 Å². The fourth-order valence-electron chi connectivity index (χ4n) is 1.26. The molecule has 0 saturated carbocycles. The van der Waals surface area contributed by atoms with Crippen LogP contribution in [-0.2, 0) is 0 Å². The van der Waals surface area contributed by atoms with E-state index >= 15 is 0 Å². The number of aromatic nitrogens is 1. The average Bonchev–Trinajstić information content (AvgIpc) is 2.29. The van der Waals surface area contributed by atoms with Gasteiger partial charge in [0, 0.05) is 5.39 Å². The van der Waals surface area contributed by atoms with Gasteiger partial charge in [0.25, 0.3) is 0 Å². The molecular weight excluding hydrogens is 214 g/mol. The van der Waals surface area contributed by atoms with Crippen molar-refractivity contribution in [2.24, 2.45) is 5.84 Å². The summed E-state index contributed by atoms with van der Waals surface area (Å²) in [6.45, 7) is 0. The number of hydrazine groups is 1. The number of aliphatic hydroxyl groups excluding tert-OH is 1. The van der Waals surface area contributed by atoms with Crippen molar-refractivity contribution in [1.82, 2.24) is 9.80 Å². The first-order valence-electron chi connectivity index (χ1n) is 4.27. The fraction of sp³-hybridized carbons (Fsp3) is 0.111. The maximum atomic E-state index is 11.8. The molecule has 0 fully saturated rings. The second-order valence-corrected chi connectivity index (χ2v) is 3.77. The number of aliphatic hydroxyl groups is 1. The zero-order valence-corrected chi connectivity index (χ0v) is 8.49. The SMILES string of the molecule is NNC(O)c1nsc2ccccc2c1=O. The highest BCUT2D eigenvalue weighted by atomic mass is 32.1. The molecule has 2 aromatic rings. The third kappa shape index (κ3) is 1.75. The summed E-state index contributed by atoms with van der Waals surface area (Å²) in [4.78, 5) is 11.8. The average molecular weight is 223 g/mol. The van der Waals surface area contributed by atoms with Gasteiger partial charge in [-0.15, -0.1) is 0 Å². The first-order chi connectivity index (χ1) is 7.24.